The Kier molecular flexibility index (Phi) is 11.0. The van der Waals surface area contributed by atoms with Crippen LogP contribution in [0.25, 0.3) is 85.7 Å². The van der Waals surface area contributed by atoms with Crippen molar-refractivity contribution in [3.63, 3.8) is 0 Å². The molecular formula is C59H44O. The Balaban J connectivity index is 1.32. The fraction of sp³-hybridized carbons (Fsp3) is 0.0169. The Labute approximate surface area is 350 Å². The molecule has 9 rings (SSSR count). The highest BCUT2D eigenvalue weighted by atomic mass is 16.3. The summed E-state index contributed by atoms with van der Waals surface area (Å²) in [6, 6.07) is 41.5. The van der Waals surface area contributed by atoms with Gasteiger partial charge in [0.25, 0.3) is 0 Å². The topological polar surface area (TPSA) is 13.1 Å². The van der Waals surface area contributed by atoms with Crippen molar-refractivity contribution >= 4 is 85.7 Å². The highest BCUT2D eigenvalue weighted by molar-refractivity contribution is 6.13. The summed E-state index contributed by atoms with van der Waals surface area (Å²) in [6.45, 7) is 5.94. The molecule has 7 aromatic rings. The van der Waals surface area contributed by atoms with Crippen LogP contribution in [-0.4, -0.2) is 0 Å². The summed E-state index contributed by atoms with van der Waals surface area (Å²) in [5, 5.41) is 11.6. The average molecular weight is 769 g/mol. The number of rotatable bonds is 5. The Morgan fingerprint density at radius 3 is 2.05 bits per heavy atom. The van der Waals surface area contributed by atoms with Gasteiger partial charge in [-0.1, -0.05) is 201 Å². The van der Waals surface area contributed by atoms with Gasteiger partial charge in [0.2, 0.25) is 0 Å². The van der Waals surface area contributed by atoms with E-state index in [0.717, 1.165) is 59.9 Å². The minimum atomic E-state index is 0.808. The Morgan fingerprint density at radius 1 is 0.533 bits per heavy atom. The molecule has 0 saturated carbocycles. The van der Waals surface area contributed by atoms with Crippen LogP contribution < -0.4 is 31.5 Å². The van der Waals surface area contributed by atoms with Crippen LogP contribution in [0, 0.1) is 0 Å². The molecule has 6 aromatic carbocycles. The first-order valence-corrected chi connectivity index (χ1v) is 20.5. The fourth-order valence-corrected chi connectivity index (χ4v) is 8.08. The molecular weight excluding hydrogens is 725 g/mol. The molecule has 2 aliphatic rings. The van der Waals surface area contributed by atoms with Gasteiger partial charge < -0.3 is 4.42 Å². The zero-order chi connectivity index (χ0) is 40.7. The van der Waals surface area contributed by atoms with Crippen LogP contribution in [0.15, 0.2) is 211 Å². The molecule has 0 unspecified atom stereocenters. The number of furan rings is 1. The predicted molar refractivity (Wildman–Crippen MR) is 261 cm³/mol. The highest BCUT2D eigenvalue weighted by Crippen LogP contribution is 2.34. The van der Waals surface area contributed by atoms with Crippen molar-refractivity contribution in [2.24, 2.45) is 0 Å². The molecule has 60 heavy (non-hydrogen) atoms. The van der Waals surface area contributed by atoms with Gasteiger partial charge in [-0.05, 0) is 125 Å². The van der Waals surface area contributed by atoms with Crippen molar-refractivity contribution in [2.75, 3.05) is 0 Å². The molecule has 1 heteroatoms. The number of hydrogen-bond donors (Lipinski definition) is 0. The van der Waals surface area contributed by atoms with Crippen molar-refractivity contribution in [1.29, 1.82) is 0 Å². The van der Waals surface area contributed by atoms with Gasteiger partial charge in [-0.15, -0.1) is 0 Å². The van der Waals surface area contributed by atoms with E-state index in [9.17, 15) is 0 Å². The quantitative estimate of drug-likeness (QED) is 0.126. The molecule has 0 aliphatic heterocycles. The standard InChI is InChI=1S/C59H44O/c1-3-5-19-42(4-2)49-35-37-59-57(40-49)55-36-34-48(47-33-32-45-31-30-44-22-14-13-21-43(44)20-9-6-7-10-23-46(45)38-47)39-50(24-11-8-12-29-58(55)60-59)56-41-51-25-15-16-26-52(51)53-27-17-18-28-54(53)56/h3-41H,1H2,2H3/b7-6?,9-6+,10-7+,11-8?,12-8+,19-5-,20-9?,23-10?,24-11+,29-12?,31-30?,36-34?,42-4+,43-20-,44-30-,45-31-,46-23-,48-34+,48-39?,50-24?,50-39+,55-36-,58-29+. The zero-order valence-electron chi connectivity index (χ0n) is 33.6. The Morgan fingerprint density at radius 2 is 1.23 bits per heavy atom. The van der Waals surface area contributed by atoms with Gasteiger partial charge >= 0.3 is 0 Å². The number of hydrogen-bond acceptors (Lipinski definition) is 1. The van der Waals surface area contributed by atoms with Gasteiger partial charge in [0, 0.05) is 10.6 Å². The first-order valence-electron chi connectivity index (χ1n) is 20.5. The van der Waals surface area contributed by atoms with Crippen LogP contribution in [0.1, 0.15) is 23.6 Å². The molecule has 0 bridgehead atoms. The molecule has 0 saturated heterocycles. The first-order chi connectivity index (χ1) is 29.7. The number of fused-ring (bicyclic) bond motifs is 8. The summed E-state index contributed by atoms with van der Waals surface area (Å²) in [7, 11) is 0. The molecule has 286 valence electrons. The number of allylic oxidation sites excluding steroid dienone is 17. The predicted octanol–water partition coefficient (Wildman–Crippen LogP) is 10.7. The SMILES string of the molecule is C=C/C=C\C(=C/C)c1ccc2oc3/c(c2c1)=C\C=C(c1ccc2/c(c1)=C\C=C\C=C\C=c1\cccc\c1=C\C=2)/C=C(c1cc2ccccc2c2ccccc12)\C=C\C=C\C=3. The van der Waals surface area contributed by atoms with Gasteiger partial charge in [-0.25, -0.2) is 0 Å². The molecule has 0 N–H and O–H groups in total. The lowest BCUT2D eigenvalue weighted by molar-refractivity contribution is 0.576. The second kappa shape index (κ2) is 17.4. The Bertz CT molecular complexity index is 3490. The normalized spacial score (nSPS) is 21.5. The molecule has 0 radical (unpaired) electrons. The maximum Gasteiger partial charge on any atom is 0.135 e. The van der Waals surface area contributed by atoms with E-state index in [4.69, 9.17) is 4.42 Å². The van der Waals surface area contributed by atoms with E-state index in [0.29, 0.717) is 0 Å². The molecule has 1 nitrogen and oxygen atoms in total. The summed E-state index contributed by atoms with van der Waals surface area (Å²) in [5.41, 5.74) is 8.36. The van der Waals surface area contributed by atoms with E-state index in [1.54, 1.807) is 6.08 Å². The summed E-state index contributed by atoms with van der Waals surface area (Å²) in [4.78, 5) is 0. The third-order valence-electron chi connectivity index (χ3n) is 11.1. The van der Waals surface area contributed by atoms with Crippen molar-refractivity contribution in [1.82, 2.24) is 0 Å². The van der Waals surface area contributed by atoms with Crippen LogP contribution >= 0.6 is 0 Å². The monoisotopic (exact) mass is 768 g/mol. The van der Waals surface area contributed by atoms with Crippen LogP contribution in [0.5, 0.6) is 0 Å². The van der Waals surface area contributed by atoms with Crippen molar-refractivity contribution in [2.45, 2.75) is 6.92 Å². The van der Waals surface area contributed by atoms with Crippen molar-refractivity contribution in [3.8, 4) is 0 Å². The lowest BCUT2D eigenvalue weighted by Crippen LogP contribution is -2.26. The van der Waals surface area contributed by atoms with Gasteiger partial charge in [0.15, 0.2) is 0 Å². The van der Waals surface area contributed by atoms with E-state index in [-0.39, 0.29) is 0 Å². The molecule has 0 amide bonds. The fourth-order valence-electron chi connectivity index (χ4n) is 8.08. The second-order valence-electron chi connectivity index (χ2n) is 14.8. The largest absolute Gasteiger partial charge is 0.456 e. The summed E-state index contributed by atoms with van der Waals surface area (Å²) in [6.07, 6.45) is 42.6. The first kappa shape index (κ1) is 37.8. The van der Waals surface area contributed by atoms with E-state index in [1.165, 1.54) is 37.5 Å². The van der Waals surface area contributed by atoms with Crippen molar-refractivity contribution < 1.29 is 4.42 Å². The maximum atomic E-state index is 6.54. The van der Waals surface area contributed by atoms with Gasteiger partial charge in [0.05, 0.1) is 0 Å². The molecule has 0 atom stereocenters. The zero-order valence-corrected chi connectivity index (χ0v) is 33.6. The summed E-state index contributed by atoms with van der Waals surface area (Å²) < 4.78 is 6.54. The lowest BCUT2D eigenvalue weighted by atomic mass is 9.90. The molecule has 1 heterocycles. The van der Waals surface area contributed by atoms with Gasteiger partial charge in [-0.3, -0.25) is 0 Å². The molecule has 2 aliphatic carbocycles. The highest BCUT2D eigenvalue weighted by Gasteiger charge is 2.12. The molecule has 0 spiro atoms. The van der Waals surface area contributed by atoms with Gasteiger partial charge in [0.1, 0.15) is 11.0 Å². The van der Waals surface area contributed by atoms with E-state index in [1.807, 2.05) is 6.08 Å². The smallest absolute Gasteiger partial charge is 0.135 e. The lowest BCUT2D eigenvalue weighted by Gasteiger charge is -2.13. The summed E-state index contributed by atoms with van der Waals surface area (Å²) >= 11 is 0. The van der Waals surface area contributed by atoms with E-state index < -0.39 is 0 Å². The maximum absolute atomic E-state index is 6.54. The Hall–Kier alpha value is -7.74. The van der Waals surface area contributed by atoms with E-state index in [2.05, 4.69) is 238 Å². The van der Waals surface area contributed by atoms with Gasteiger partial charge in [-0.2, -0.15) is 0 Å². The molecule has 1 aromatic heterocycles. The minimum Gasteiger partial charge on any atom is -0.456 e. The van der Waals surface area contributed by atoms with Crippen LogP contribution in [0.2, 0.25) is 0 Å². The average Bonchev–Trinajstić information content (AvgIpc) is 3.63. The minimum absolute atomic E-state index is 0.808. The molecule has 0 fully saturated rings. The van der Waals surface area contributed by atoms with E-state index >= 15 is 0 Å². The number of benzene rings is 6. The third-order valence-corrected chi connectivity index (χ3v) is 11.1. The van der Waals surface area contributed by atoms with Crippen LogP contribution in [0.4, 0.5) is 0 Å². The van der Waals surface area contributed by atoms with Crippen LogP contribution in [-0.2, 0) is 0 Å². The van der Waals surface area contributed by atoms with Crippen LogP contribution in [0.3, 0.4) is 0 Å². The summed E-state index contributed by atoms with van der Waals surface area (Å²) in [5.74, 6) is 0. The van der Waals surface area contributed by atoms with Crippen molar-refractivity contribution in [3.05, 3.63) is 255 Å². The second-order valence-corrected chi connectivity index (χ2v) is 14.8. The third kappa shape index (κ3) is 7.90.